The average Bonchev–Trinajstić information content (AvgIpc) is 3.52. The Kier molecular flexibility index (Phi) is 5.54. The number of rotatable bonds is 5. The zero-order valence-corrected chi connectivity index (χ0v) is 18.8. The van der Waals surface area contributed by atoms with E-state index < -0.39 is 0 Å². The normalized spacial score (nSPS) is 19.1. The van der Waals surface area contributed by atoms with E-state index in [1.54, 1.807) is 30.7 Å². The number of anilines is 1. The van der Waals surface area contributed by atoms with Crippen LogP contribution >= 0.6 is 0 Å². The molecule has 0 bridgehead atoms. The molecule has 0 amide bonds. The molecule has 4 aromatic rings. The van der Waals surface area contributed by atoms with Crippen molar-refractivity contribution in [1.82, 2.24) is 29.9 Å². The summed E-state index contributed by atoms with van der Waals surface area (Å²) in [5.74, 6) is 0.627. The van der Waals surface area contributed by atoms with Crippen LogP contribution in [0.5, 0.6) is 6.01 Å². The van der Waals surface area contributed by atoms with Crippen LogP contribution in [-0.4, -0.2) is 50.3 Å². The largest absolute Gasteiger partial charge is 0.460 e. The molecule has 34 heavy (non-hydrogen) atoms. The third-order valence-corrected chi connectivity index (χ3v) is 6.61. The highest BCUT2D eigenvalue weighted by Crippen LogP contribution is 2.35. The molecule has 174 valence electrons. The first-order chi connectivity index (χ1) is 16.7. The van der Waals surface area contributed by atoms with Crippen LogP contribution in [-0.2, 0) is 0 Å². The molecule has 3 aromatic heterocycles. The van der Waals surface area contributed by atoms with E-state index >= 15 is 0 Å². The van der Waals surface area contributed by atoms with Gasteiger partial charge in [0.25, 0.3) is 0 Å². The van der Waals surface area contributed by atoms with E-state index in [1.807, 2.05) is 22.7 Å². The lowest BCUT2D eigenvalue weighted by molar-refractivity contribution is 0.149. The predicted octanol–water partition coefficient (Wildman–Crippen LogP) is 3.80. The van der Waals surface area contributed by atoms with Gasteiger partial charge in [-0.1, -0.05) is 12.1 Å². The lowest BCUT2D eigenvalue weighted by Crippen LogP contribution is -2.34. The van der Waals surface area contributed by atoms with Crippen LogP contribution in [0.4, 0.5) is 10.2 Å². The zero-order chi connectivity index (χ0) is 22.9. The molecular weight excluding hydrogens is 433 g/mol. The molecule has 2 fully saturated rings. The molecule has 0 spiro atoms. The number of imidazole rings is 1. The van der Waals surface area contributed by atoms with Crippen LogP contribution in [0.1, 0.15) is 37.3 Å². The van der Waals surface area contributed by atoms with Gasteiger partial charge in [0.2, 0.25) is 0 Å². The fourth-order valence-corrected chi connectivity index (χ4v) is 4.89. The number of hydrogen-bond donors (Lipinski definition) is 1. The Morgan fingerprint density at radius 1 is 0.971 bits per heavy atom. The van der Waals surface area contributed by atoms with Gasteiger partial charge in [0.15, 0.2) is 5.65 Å². The van der Waals surface area contributed by atoms with Crippen LogP contribution in [0.25, 0.3) is 16.9 Å². The minimum absolute atomic E-state index is 0.0994. The molecule has 5 heterocycles. The highest BCUT2D eigenvalue weighted by atomic mass is 19.1. The van der Waals surface area contributed by atoms with E-state index in [2.05, 4.69) is 25.2 Å². The minimum atomic E-state index is -0.211. The molecule has 2 aliphatic rings. The van der Waals surface area contributed by atoms with Crippen LogP contribution < -0.4 is 15.0 Å². The lowest BCUT2D eigenvalue weighted by atomic mass is 10.0. The Balaban J connectivity index is 1.27. The summed E-state index contributed by atoms with van der Waals surface area (Å²) in [6.07, 6.45) is 9.36. The molecule has 1 atom stereocenters. The SMILES string of the molecule is Fc1cccc(C2CCCN2c2ccc3ncc(-c4cnc(OC5CCNCC5)nc4)n3n2)c1. The number of ether oxygens (including phenoxy) is 1. The lowest BCUT2D eigenvalue weighted by Gasteiger charge is -2.26. The van der Waals surface area contributed by atoms with Crippen LogP contribution in [0.3, 0.4) is 0 Å². The van der Waals surface area contributed by atoms with E-state index in [1.165, 1.54) is 6.07 Å². The number of hydrogen-bond acceptors (Lipinski definition) is 7. The number of fused-ring (bicyclic) bond motifs is 1. The first-order valence-corrected chi connectivity index (χ1v) is 11.8. The van der Waals surface area contributed by atoms with Crippen molar-refractivity contribution >= 4 is 11.5 Å². The van der Waals surface area contributed by atoms with Crippen molar-refractivity contribution in [2.75, 3.05) is 24.5 Å². The number of aromatic nitrogens is 5. The second kappa shape index (κ2) is 8.98. The smallest absolute Gasteiger partial charge is 0.316 e. The van der Waals surface area contributed by atoms with Gasteiger partial charge in [0.05, 0.1) is 17.9 Å². The van der Waals surface area contributed by atoms with Crippen molar-refractivity contribution in [3.8, 4) is 17.3 Å². The quantitative estimate of drug-likeness (QED) is 0.486. The summed E-state index contributed by atoms with van der Waals surface area (Å²) >= 11 is 0. The molecule has 2 saturated heterocycles. The van der Waals surface area contributed by atoms with Crippen LogP contribution in [0, 0.1) is 5.82 Å². The first kappa shape index (κ1) is 21.0. The van der Waals surface area contributed by atoms with Gasteiger partial charge in [-0.05, 0) is 68.6 Å². The van der Waals surface area contributed by atoms with Gasteiger partial charge >= 0.3 is 6.01 Å². The molecule has 9 heteroatoms. The number of nitrogens with one attached hydrogen (secondary N) is 1. The fourth-order valence-electron chi connectivity index (χ4n) is 4.89. The summed E-state index contributed by atoms with van der Waals surface area (Å²) in [6, 6.07) is 11.3. The standard InChI is InChI=1S/C25H26FN7O/c26-19-4-1-3-17(13-19)21-5-2-12-32(21)24-7-6-23-28-16-22(33(23)31-24)18-14-29-25(30-15-18)34-20-8-10-27-11-9-20/h1,3-4,6-7,13-16,20-21,27H,2,5,8-12H2. The molecule has 0 saturated carbocycles. The third kappa shape index (κ3) is 4.07. The van der Waals surface area contributed by atoms with Crippen LogP contribution in [0.15, 0.2) is 55.0 Å². The maximum atomic E-state index is 13.8. The predicted molar refractivity (Wildman–Crippen MR) is 126 cm³/mol. The zero-order valence-electron chi connectivity index (χ0n) is 18.8. The van der Waals surface area contributed by atoms with Gasteiger partial charge in [-0.2, -0.15) is 0 Å². The van der Waals surface area contributed by atoms with Crippen LogP contribution in [0.2, 0.25) is 0 Å². The van der Waals surface area contributed by atoms with Gasteiger partial charge in [-0.15, -0.1) is 5.10 Å². The van der Waals surface area contributed by atoms with Crippen molar-refractivity contribution in [3.63, 3.8) is 0 Å². The van der Waals surface area contributed by atoms with Crippen molar-refractivity contribution in [2.24, 2.45) is 0 Å². The van der Waals surface area contributed by atoms with Crippen molar-refractivity contribution < 1.29 is 9.13 Å². The molecule has 0 radical (unpaired) electrons. The molecule has 6 rings (SSSR count). The summed E-state index contributed by atoms with van der Waals surface area (Å²) < 4.78 is 21.6. The summed E-state index contributed by atoms with van der Waals surface area (Å²) in [7, 11) is 0. The number of halogens is 1. The van der Waals surface area contributed by atoms with Gasteiger partial charge in [0, 0.05) is 24.5 Å². The number of benzene rings is 1. The summed E-state index contributed by atoms with van der Waals surface area (Å²) in [4.78, 5) is 15.6. The fraction of sp³-hybridized carbons (Fsp3) is 0.360. The molecular formula is C25H26FN7O. The number of piperidine rings is 1. The van der Waals surface area contributed by atoms with Gasteiger partial charge in [0.1, 0.15) is 17.7 Å². The number of nitrogens with zero attached hydrogens (tertiary/aromatic N) is 6. The van der Waals surface area contributed by atoms with E-state index in [0.29, 0.717) is 6.01 Å². The Morgan fingerprint density at radius 3 is 2.65 bits per heavy atom. The Bertz CT molecular complexity index is 1290. The Labute approximate surface area is 196 Å². The first-order valence-electron chi connectivity index (χ1n) is 11.8. The van der Waals surface area contributed by atoms with Crippen molar-refractivity contribution in [3.05, 3.63) is 66.4 Å². The average molecular weight is 460 g/mol. The maximum Gasteiger partial charge on any atom is 0.316 e. The summed E-state index contributed by atoms with van der Waals surface area (Å²) in [5, 5.41) is 8.23. The van der Waals surface area contributed by atoms with Gasteiger partial charge in [-0.25, -0.2) is 23.9 Å². The molecule has 2 aliphatic heterocycles. The summed E-state index contributed by atoms with van der Waals surface area (Å²) in [6.45, 7) is 2.78. The Morgan fingerprint density at radius 2 is 1.82 bits per heavy atom. The monoisotopic (exact) mass is 459 g/mol. The Hall–Kier alpha value is -3.59. The van der Waals surface area contributed by atoms with E-state index in [0.717, 1.165) is 73.6 Å². The molecule has 1 aromatic carbocycles. The van der Waals surface area contributed by atoms with E-state index in [9.17, 15) is 4.39 Å². The molecule has 1 unspecified atom stereocenters. The van der Waals surface area contributed by atoms with Gasteiger partial charge < -0.3 is 15.0 Å². The third-order valence-electron chi connectivity index (χ3n) is 6.61. The van der Waals surface area contributed by atoms with Crippen molar-refractivity contribution in [2.45, 2.75) is 37.8 Å². The molecule has 1 N–H and O–H groups in total. The highest BCUT2D eigenvalue weighted by Gasteiger charge is 2.28. The van der Waals surface area contributed by atoms with E-state index in [4.69, 9.17) is 9.84 Å². The van der Waals surface area contributed by atoms with E-state index in [-0.39, 0.29) is 18.0 Å². The summed E-state index contributed by atoms with van der Waals surface area (Å²) in [5.41, 5.74) is 3.35. The van der Waals surface area contributed by atoms with Gasteiger partial charge in [-0.3, -0.25) is 0 Å². The second-order valence-corrected chi connectivity index (χ2v) is 8.83. The highest BCUT2D eigenvalue weighted by molar-refractivity contribution is 5.62. The minimum Gasteiger partial charge on any atom is -0.460 e. The maximum absolute atomic E-state index is 13.8. The molecule has 0 aliphatic carbocycles. The second-order valence-electron chi connectivity index (χ2n) is 8.83. The molecule has 8 nitrogen and oxygen atoms in total. The van der Waals surface area contributed by atoms with Crippen molar-refractivity contribution in [1.29, 1.82) is 0 Å². The topological polar surface area (TPSA) is 80.5 Å².